The van der Waals surface area contributed by atoms with Crippen LogP contribution in [0.25, 0.3) is 5.57 Å². The molecule has 30 heavy (non-hydrogen) atoms. The van der Waals surface area contributed by atoms with Gasteiger partial charge >= 0.3 is 6.18 Å². The lowest BCUT2D eigenvalue weighted by molar-refractivity contribution is -0.138. The van der Waals surface area contributed by atoms with Crippen LogP contribution in [-0.2, 0) is 12.6 Å². The van der Waals surface area contributed by atoms with Crippen LogP contribution in [0.1, 0.15) is 36.1 Å². The molecule has 4 nitrogen and oxygen atoms in total. The summed E-state index contributed by atoms with van der Waals surface area (Å²) in [5.74, 6) is 0.162. The molecule has 0 radical (unpaired) electrons. The van der Waals surface area contributed by atoms with E-state index >= 15 is 0 Å². The number of hydrogen-bond acceptors (Lipinski definition) is 4. The van der Waals surface area contributed by atoms with Crippen molar-refractivity contribution >= 4 is 33.1 Å². The molecule has 0 spiro atoms. The van der Waals surface area contributed by atoms with E-state index in [4.69, 9.17) is 0 Å². The number of aryl methyl sites for hydroxylation is 1. The first kappa shape index (κ1) is 21.1. The van der Waals surface area contributed by atoms with Gasteiger partial charge in [-0.1, -0.05) is 39.7 Å². The van der Waals surface area contributed by atoms with Crippen LogP contribution in [0.2, 0.25) is 0 Å². The second-order valence-electron chi connectivity index (χ2n) is 7.47. The second kappa shape index (κ2) is 8.89. The molecule has 1 aromatic carbocycles. The zero-order valence-electron chi connectivity index (χ0n) is 16.3. The van der Waals surface area contributed by atoms with Crippen molar-refractivity contribution in [3.8, 4) is 0 Å². The fraction of sp³-hybridized carbons (Fsp3) is 0.364. The SMILES string of the molecule is FC(F)(F)c1cnc(Nc2ccc(CCCBr)cc2)nc1C1=CC2=C(CCNC2)C1. The molecule has 1 aliphatic heterocycles. The fourth-order valence-electron chi connectivity index (χ4n) is 3.80. The molecule has 1 aromatic heterocycles. The summed E-state index contributed by atoms with van der Waals surface area (Å²) in [6.07, 6.45) is 1.60. The molecule has 4 rings (SSSR count). The van der Waals surface area contributed by atoms with E-state index in [1.165, 1.54) is 11.1 Å². The van der Waals surface area contributed by atoms with E-state index in [-0.39, 0.29) is 11.6 Å². The lowest BCUT2D eigenvalue weighted by Gasteiger charge is -2.16. The van der Waals surface area contributed by atoms with Crippen molar-refractivity contribution in [1.29, 1.82) is 0 Å². The van der Waals surface area contributed by atoms with E-state index < -0.39 is 11.7 Å². The number of nitrogens with one attached hydrogen (secondary N) is 2. The summed E-state index contributed by atoms with van der Waals surface area (Å²) in [5, 5.41) is 7.25. The van der Waals surface area contributed by atoms with E-state index in [1.54, 1.807) is 0 Å². The van der Waals surface area contributed by atoms with Gasteiger partial charge in [0.2, 0.25) is 5.95 Å². The van der Waals surface area contributed by atoms with Crippen molar-refractivity contribution in [3.63, 3.8) is 0 Å². The Morgan fingerprint density at radius 2 is 1.97 bits per heavy atom. The summed E-state index contributed by atoms with van der Waals surface area (Å²) in [6.45, 7) is 1.55. The topological polar surface area (TPSA) is 49.8 Å². The van der Waals surface area contributed by atoms with E-state index in [9.17, 15) is 13.2 Å². The third-order valence-corrected chi connectivity index (χ3v) is 5.89. The summed E-state index contributed by atoms with van der Waals surface area (Å²) in [6, 6.07) is 7.79. The minimum absolute atomic E-state index is 0.0386. The largest absolute Gasteiger partial charge is 0.419 e. The van der Waals surface area contributed by atoms with E-state index in [2.05, 4.69) is 36.5 Å². The number of alkyl halides is 4. The maximum atomic E-state index is 13.6. The number of halogens is 4. The third-order valence-electron chi connectivity index (χ3n) is 5.33. The minimum atomic E-state index is -4.51. The van der Waals surface area contributed by atoms with E-state index in [0.29, 0.717) is 18.5 Å². The van der Waals surface area contributed by atoms with Crippen LogP contribution in [0.4, 0.5) is 24.8 Å². The maximum Gasteiger partial charge on any atom is 0.419 e. The number of benzene rings is 1. The molecule has 0 saturated heterocycles. The molecule has 2 aromatic rings. The van der Waals surface area contributed by atoms with Crippen molar-refractivity contribution in [3.05, 3.63) is 64.5 Å². The summed E-state index contributed by atoms with van der Waals surface area (Å²) >= 11 is 3.42. The molecule has 0 atom stereocenters. The van der Waals surface area contributed by atoms with Crippen molar-refractivity contribution in [1.82, 2.24) is 15.3 Å². The lowest BCUT2D eigenvalue weighted by Crippen LogP contribution is -2.23. The third kappa shape index (κ3) is 4.75. The molecule has 0 saturated carbocycles. The molecule has 0 amide bonds. The van der Waals surface area contributed by atoms with Gasteiger partial charge in [-0.2, -0.15) is 13.2 Å². The lowest BCUT2D eigenvalue weighted by atomic mass is 10.0. The van der Waals surface area contributed by atoms with Crippen molar-refractivity contribution < 1.29 is 13.2 Å². The van der Waals surface area contributed by atoms with Gasteiger partial charge in [0.1, 0.15) is 0 Å². The first-order valence-corrected chi connectivity index (χ1v) is 11.0. The number of anilines is 2. The molecule has 1 aliphatic carbocycles. The predicted molar refractivity (Wildman–Crippen MR) is 116 cm³/mol. The summed E-state index contributed by atoms with van der Waals surface area (Å²) in [5.41, 5.74) is 3.99. The predicted octanol–water partition coefficient (Wildman–Crippen LogP) is 5.64. The zero-order valence-corrected chi connectivity index (χ0v) is 17.9. The highest BCUT2D eigenvalue weighted by atomic mass is 79.9. The molecule has 0 bridgehead atoms. The maximum absolute atomic E-state index is 13.6. The fourth-order valence-corrected chi connectivity index (χ4v) is 4.08. The molecular formula is C22H22BrF3N4. The van der Waals surface area contributed by atoms with Crippen LogP contribution in [0.5, 0.6) is 0 Å². The standard InChI is InChI=1S/C22H22BrF3N4/c23-8-1-2-14-3-5-18(6-4-14)29-21-28-13-19(22(24,25)26)20(30-21)16-10-15-7-9-27-12-17(15)11-16/h3-6,11,13,27H,1-2,7-10,12H2,(H,28,29,30). The monoisotopic (exact) mass is 478 g/mol. The number of nitrogens with zero attached hydrogens (tertiary/aromatic N) is 2. The molecule has 2 heterocycles. The summed E-state index contributed by atoms with van der Waals surface area (Å²) in [4.78, 5) is 8.22. The van der Waals surface area contributed by atoms with Gasteiger partial charge in [0, 0.05) is 23.8 Å². The first-order valence-electron chi connectivity index (χ1n) is 9.93. The molecule has 0 unspecified atom stereocenters. The Labute approximate surface area is 181 Å². The van der Waals surface area contributed by atoms with Gasteiger partial charge in [0.05, 0.1) is 11.3 Å². The van der Waals surface area contributed by atoms with Crippen LogP contribution in [0, 0.1) is 0 Å². The average molecular weight is 479 g/mol. The van der Waals surface area contributed by atoms with Gasteiger partial charge in [0.15, 0.2) is 0 Å². The van der Waals surface area contributed by atoms with Crippen LogP contribution < -0.4 is 10.6 Å². The van der Waals surface area contributed by atoms with Crippen LogP contribution >= 0.6 is 15.9 Å². The van der Waals surface area contributed by atoms with Gasteiger partial charge in [-0.05, 0) is 61.1 Å². The molecule has 2 aliphatic rings. The zero-order chi connectivity index (χ0) is 21.1. The highest BCUT2D eigenvalue weighted by Gasteiger charge is 2.37. The number of hydrogen-bond donors (Lipinski definition) is 2. The Morgan fingerprint density at radius 3 is 2.67 bits per heavy atom. The van der Waals surface area contributed by atoms with Crippen molar-refractivity contribution in [2.45, 2.75) is 31.9 Å². The number of rotatable bonds is 6. The van der Waals surface area contributed by atoms with Gasteiger partial charge < -0.3 is 10.6 Å². The van der Waals surface area contributed by atoms with Crippen molar-refractivity contribution in [2.24, 2.45) is 0 Å². The molecule has 2 N–H and O–H groups in total. The Morgan fingerprint density at radius 1 is 1.17 bits per heavy atom. The Kier molecular flexibility index (Phi) is 6.24. The number of aromatic nitrogens is 2. The first-order chi connectivity index (χ1) is 14.4. The van der Waals surface area contributed by atoms with E-state index in [0.717, 1.165) is 48.6 Å². The van der Waals surface area contributed by atoms with Crippen LogP contribution in [0.15, 0.2) is 47.7 Å². The second-order valence-corrected chi connectivity index (χ2v) is 8.26. The molecule has 158 valence electrons. The summed E-state index contributed by atoms with van der Waals surface area (Å²) in [7, 11) is 0. The van der Waals surface area contributed by atoms with E-state index in [1.807, 2.05) is 30.3 Å². The summed E-state index contributed by atoms with van der Waals surface area (Å²) < 4.78 is 40.9. The Balaban J connectivity index is 1.59. The molecule has 0 fully saturated rings. The Bertz CT molecular complexity index is 981. The van der Waals surface area contributed by atoms with Crippen LogP contribution in [-0.4, -0.2) is 28.4 Å². The van der Waals surface area contributed by atoms with Gasteiger partial charge in [-0.3, -0.25) is 0 Å². The van der Waals surface area contributed by atoms with Crippen molar-refractivity contribution in [2.75, 3.05) is 23.7 Å². The normalized spacial score (nSPS) is 16.5. The molecule has 8 heteroatoms. The minimum Gasteiger partial charge on any atom is -0.324 e. The molecular weight excluding hydrogens is 457 g/mol. The van der Waals surface area contributed by atoms with Gasteiger partial charge in [-0.15, -0.1) is 0 Å². The van der Waals surface area contributed by atoms with Crippen LogP contribution in [0.3, 0.4) is 0 Å². The van der Waals surface area contributed by atoms with Gasteiger partial charge in [-0.25, -0.2) is 9.97 Å². The quantitative estimate of drug-likeness (QED) is 0.527. The smallest absolute Gasteiger partial charge is 0.324 e. The Hall–Kier alpha value is -2.19. The highest BCUT2D eigenvalue weighted by Crippen LogP contribution is 2.40. The number of allylic oxidation sites excluding steroid dienone is 1. The highest BCUT2D eigenvalue weighted by molar-refractivity contribution is 9.09. The van der Waals surface area contributed by atoms with Gasteiger partial charge in [0.25, 0.3) is 0 Å². The average Bonchev–Trinajstić information content (AvgIpc) is 3.17.